The minimum atomic E-state index is -3.92. The Labute approximate surface area is 164 Å². The van der Waals surface area contributed by atoms with Crippen LogP contribution in [0.3, 0.4) is 0 Å². The maximum absolute atomic E-state index is 12.7. The number of carbonyl (C=O) groups excluding carboxylic acids is 1. The average Bonchev–Trinajstić information content (AvgIpc) is 3.09. The van der Waals surface area contributed by atoms with E-state index in [0.717, 1.165) is 6.42 Å². The molecule has 1 amide bonds. The van der Waals surface area contributed by atoms with Gasteiger partial charge in [-0.2, -0.15) is 0 Å². The zero-order chi connectivity index (χ0) is 20.5. The van der Waals surface area contributed by atoms with Gasteiger partial charge in [0.25, 0.3) is 10.0 Å². The topological polar surface area (TPSA) is 113 Å². The van der Waals surface area contributed by atoms with Crippen LogP contribution >= 0.6 is 0 Å². The van der Waals surface area contributed by atoms with Gasteiger partial charge in [0, 0.05) is 18.7 Å². The summed E-state index contributed by atoms with van der Waals surface area (Å²) in [6.07, 6.45) is 1.28. The molecule has 0 aliphatic carbocycles. The molecule has 1 heterocycles. The molecule has 2 aromatic carbocycles. The second-order valence-electron chi connectivity index (χ2n) is 6.44. The Kier molecular flexibility index (Phi) is 5.46. The highest BCUT2D eigenvalue weighted by molar-refractivity contribution is 7.92. The smallest absolute Gasteiger partial charge is 0.261 e. The van der Waals surface area contributed by atoms with Gasteiger partial charge in [0.05, 0.1) is 15.5 Å². The van der Waals surface area contributed by atoms with Gasteiger partial charge in [-0.25, -0.2) is 21.6 Å². The van der Waals surface area contributed by atoms with Crippen molar-refractivity contribution in [2.45, 2.75) is 29.6 Å². The summed E-state index contributed by atoms with van der Waals surface area (Å²) in [6, 6.07) is 10.3. The SMILES string of the molecule is CNS(=O)(=O)c1cc(NS(=O)(=O)c2ccc(N3CCCC3=O)cc2)ccc1C. The van der Waals surface area contributed by atoms with E-state index in [9.17, 15) is 21.6 Å². The highest BCUT2D eigenvalue weighted by Gasteiger charge is 2.23. The summed E-state index contributed by atoms with van der Waals surface area (Å²) in [7, 11) is -6.34. The number of hydrogen-bond donors (Lipinski definition) is 2. The van der Waals surface area contributed by atoms with Gasteiger partial charge < -0.3 is 4.90 Å². The number of aryl methyl sites for hydroxylation is 1. The number of rotatable bonds is 6. The Morgan fingerprint density at radius 1 is 0.964 bits per heavy atom. The maximum Gasteiger partial charge on any atom is 0.261 e. The second kappa shape index (κ2) is 7.53. The largest absolute Gasteiger partial charge is 0.312 e. The van der Waals surface area contributed by atoms with Crippen LogP contribution in [0.15, 0.2) is 52.3 Å². The minimum absolute atomic E-state index is 0.00177. The fourth-order valence-corrected chi connectivity index (χ4v) is 5.05. The van der Waals surface area contributed by atoms with Crippen LogP contribution in [0, 0.1) is 6.92 Å². The lowest BCUT2D eigenvalue weighted by Gasteiger charge is -2.16. The summed E-state index contributed by atoms with van der Waals surface area (Å²) in [5, 5.41) is 0. The molecule has 1 fully saturated rings. The Morgan fingerprint density at radius 3 is 2.21 bits per heavy atom. The number of benzene rings is 2. The molecule has 28 heavy (non-hydrogen) atoms. The molecule has 2 aromatic rings. The van der Waals surface area contributed by atoms with Gasteiger partial charge >= 0.3 is 0 Å². The molecule has 3 rings (SSSR count). The van der Waals surface area contributed by atoms with E-state index in [1.165, 1.54) is 37.4 Å². The van der Waals surface area contributed by atoms with Gasteiger partial charge in [-0.3, -0.25) is 9.52 Å². The minimum Gasteiger partial charge on any atom is -0.312 e. The third kappa shape index (κ3) is 4.03. The molecule has 8 nitrogen and oxygen atoms in total. The Bertz CT molecular complexity index is 1110. The number of nitrogens with zero attached hydrogens (tertiary/aromatic N) is 1. The van der Waals surface area contributed by atoms with Crippen LogP contribution in [0.25, 0.3) is 0 Å². The van der Waals surface area contributed by atoms with Gasteiger partial charge in [-0.05, 0) is 62.4 Å². The maximum atomic E-state index is 12.7. The summed E-state index contributed by atoms with van der Waals surface area (Å²) in [6.45, 7) is 2.25. The van der Waals surface area contributed by atoms with Crippen molar-refractivity contribution in [2.75, 3.05) is 23.2 Å². The van der Waals surface area contributed by atoms with Crippen molar-refractivity contribution < 1.29 is 21.6 Å². The first kappa shape index (κ1) is 20.3. The first-order valence-corrected chi connectivity index (χ1v) is 11.6. The number of amides is 1. The summed E-state index contributed by atoms with van der Waals surface area (Å²) in [5.74, 6) is 0.0201. The molecule has 0 atom stereocenters. The van der Waals surface area contributed by atoms with Crippen molar-refractivity contribution in [1.29, 1.82) is 0 Å². The average molecular weight is 424 g/mol. The van der Waals surface area contributed by atoms with Gasteiger partial charge in [0.15, 0.2) is 0 Å². The molecule has 1 saturated heterocycles. The van der Waals surface area contributed by atoms with Crippen LogP contribution in [-0.2, 0) is 24.8 Å². The molecule has 1 aliphatic rings. The third-order valence-corrected chi connectivity index (χ3v) is 7.48. The van der Waals surface area contributed by atoms with Crippen LogP contribution in [0.4, 0.5) is 11.4 Å². The standard InChI is InChI=1S/C18H21N3O5S2/c1-13-5-6-14(12-17(13)28(25,26)19-2)20-27(23,24)16-9-7-15(8-10-16)21-11-3-4-18(21)22/h5-10,12,19-20H,3-4,11H2,1-2H3. The van der Waals surface area contributed by atoms with Crippen molar-refractivity contribution in [3.8, 4) is 0 Å². The lowest BCUT2D eigenvalue weighted by Crippen LogP contribution is -2.23. The highest BCUT2D eigenvalue weighted by Crippen LogP contribution is 2.25. The van der Waals surface area contributed by atoms with Crippen LogP contribution in [0.5, 0.6) is 0 Å². The molecule has 0 unspecified atom stereocenters. The normalized spacial score (nSPS) is 15.1. The molecule has 150 valence electrons. The van der Waals surface area contributed by atoms with Crippen molar-refractivity contribution in [2.24, 2.45) is 0 Å². The van der Waals surface area contributed by atoms with Crippen molar-refractivity contribution in [3.05, 3.63) is 48.0 Å². The summed E-state index contributed by atoms with van der Waals surface area (Å²) in [4.78, 5) is 13.4. The zero-order valence-electron chi connectivity index (χ0n) is 15.5. The molecule has 0 aromatic heterocycles. The van der Waals surface area contributed by atoms with E-state index in [0.29, 0.717) is 24.2 Å². The predicted octanol–water partition coefficient (Wildman–Crippen LogP) is 1.83. The molecular weight excluding hydrogens is 402 g/mol. The summed E-state index contributed by atoms with van der Waals surface area (Å²) < 4.78 is 54.1. The van der Waals surface area contributed by atoms with Crippen LogP contribution in [-0.4, -0.2) is 36.3 Å². The third-order valence-electron chi connectivity index (χ3n) is 4.53. The fourth-order valence-electron chi connectivity index (χ4n) is 3.00. The van der Waals surface area contributed by atoms with Crippen LogP contribution in [0.2, 0.25) is 0 Å². The quantitative estimate of drug-likeness (QED) is 0.736. The first-order valence-electron chi connectivity index (χ1n) is 8.61. The fraction of sp³-hybridized carbons (Fsp3) is 0.278. The van der Waals surface area contributed by atoms with E-state index in [-0.39, 0.29) is 21.4 Å². The molecule has 0 saturated carbocycles. The van der Waals surface area contributed by atoms with Gasteiger partial charge in [0.1, 0.15) is 0 Å². The van der Waals surface area contributed by atoms with Crippen molar-refractivity contribution in [1.82, 2.24) is 4.72 Å². The van der Waals surface area contributed by atoms with E-state index >= 15 is 0 Å². The lowest BCUT2D eigenvalue weighted by molar-refractivity contribution is -0.117. The molecule has 0 bridgehead atoms. The number of hydrogen-bond acceptors (Lipinski definition) is 5. The molecule has 2 N–H and O–H groups in total. The Balaban J connectivity index is 1.86. The van der Waals surface area contributed by atoms with Gasteiger partial charge in [-0.15, -0.1) is 0 Å². The summed E-state index contributed by atoms with van der Waals surface area (Å²) >= 11 is 0. The van der Waals surface area contributed by atoms with Crippen LogP contribution in [0.1, 0.15) is 18.4 Å². The number of carbonyl (C=O) groups is 1. The highest BCUT2D eigenvalue weighted by atomic mass is 32.2. The first-order chi connectivity index (χ1) is 13.1. The van der Waals surface area contributed by atoms with E-state index in [2.05, 4.69) is 9.44 Å². The molecule has 0 spiro atoms. The number of nitrogens with one attached hydrogen (secondary N) is 2. The zero-order valence-corrected chi connectivity index (χ0v) is 17.1. The molecular formula is C18H21N3O5S2. The van der Waals surface area contributed by atoms with Gasteiger partial charge in [0.2, 0.25) is 15.9 Å². The number of sulfonamides is 2. The molecule has 10 heteroatoms. The van der Waals surface area contributed by atoms with Gasteiger partial charge in [-0.1, -0.05) is 6.07 Å². The Hall–Kier alpha value is -2.43. The van der Waals surface area contributed by atoms with E-state index in [1.807, 2.05) is 0 Å². The summed E-state index contributed by atoms with van der Waals surface area (Å²) in [5.41, 5.74) is 1.29. The predicted molar refractivity (Wildman–Crippen MR) is 106 cm³/mol. The lowest BCUT2D eigenvalue weighted by atomic mass is 10.2. The van der Waals surface area contributed by atoms with Crippen molar-refractivity contribution in [3.63, 3.8) is 0 Å². The molecule has 1 aliphatic heterocycles. The van der Waals surface area contributed by atoms with Crippen molar-refractivity contribution >= 4 is 37.3 Å². The van der Waals surface area contributed by atoms with Crippen LogP contribution < -0.4 is 14.3 Å². The molecule has 0 radical (unpaired) electrons. The second-order valence-corrected chi connectivity index (χ2v) is 9.97. The van der Waals surface area contributed by atoms with E-state index in [1.54, 1.807) is 24.0 Å². The van der Waals surface area contributed by atoms with E-state index < -0.39 is 20.0 Å². The van der Waals surface area contributed by atoms with E-state index in [4.69, 9.17) is 0 Å². The monoisotopic (exact) mass is 423 g/mol. The Morgan fingerprint density at radius 2 is 1.64 bits per heavy atom. The number of anilines is 2.